The molecular formula is C24H32N6O2. The van der Waals surface area contributed by atoms with Gasteiger partial charge in [0.2, 0.25) is 17.8 Å². The highest BCUT2D eigenvalue weighted by Gasteiger charge is 2.29. The molecule has 1 atom stereocenters. The highest BCUT2D eigenvalue weighted by atomic mass is 16.2. The van der Waals surface area contributed by atoms with Gasteiger partial charge in [-0.05, 0) is 56.5 Å². The van der Waals surface area contributed by atoms with E-state index < -0.39 is 5.91 Å². The average molecular weight is 437 g/mol. The van der Waals surface area contributed by atoms with E-state index >= 15 is 0 Å². The highest BCUT2D eigenvalue weighted by molar-refractivity contribution is 5.93. The maximum absolute atomic E-state index is 13.0. The van der Waals surface area contributed by atoms with Crippen molar-refractivity contribution in [3.05, 3.63) is 41.7 Å². The predicted molar refractivity (Wildman–Crippen MR) is 125 cm³/mol. The molecule has 32 heavy (non-hydrogen) atoms. The van der Waals surface area contributed by atoms with Crippen LogP contribution in [0, 0.1) is 0 Å². The maximum atomic E-state index is 13.0. The normalized spacial score (nSPS) is 19.2. The summed E-state index contributed by atoms with van der Waals surface area (Å²) in [5.41, 5.74) is 8.69. The van der Waals surface area contributed by atoms with Crippen molar-refractivity contribution in [1.82, 2.24) is 19.8 Å². The van der Waals surface area contributed by atoms with E-state index in [4.69, 9.17) is 10.7 Å². The number of amides is 2. The minimum absolute atomic E-state index is 0.138. The smallest absolute Gasteiger partial charge is 0.248 e. The molecule has 0 radical (unpaired) electrons. The molecule has 2 fully saturated rings. The highest BCUT2D eigenvalue weighted by Crippen LogP contribution is 2.34. The van der Waals surface area contributed by atoms with Gasteiger partial charge in [-0.15, -0.1) is 0 Å². The van der Waals surface area contributed by atoms with Crippen molar-refractivity contribution in [3.63, 3.8) is 0 Å². The fraction of sp³-hybridized carbons (Fsp3) is 0.500. The third kappa shape index (κ3) is 4.91. The molecule has 2 amide bonds. The summed E-state index contributed by atoms with van der Waals surface area (Å²) in [4.78, 5) is 40.0. The quantitative estimate of drug-likeness (QED) is 0.745. The number of anilines is 1. The molecule has 0 saturated carbocycles. The molecule has 0 bridgehead atoms. The lowest BCUT2D eigenvalue weighted by atomic mass is 9.89. The van der Waals surface area contributed by atoms with Crippen molar-refractivity contribution in [2.45, 2.75) is 31.6 Å². The molecule has 2 saturated heterocycles. The van der Waals surface area contributed by atoms with Crippen molar-refractivity contribution in [1.29, 1.82) is 0 Å². The molecule has 8 nitrogen and oxygen atoms in total. The van der Waals surface area contributed by atoms with Gasteiger partial charge < -0.3 is 15.5 Å². The largest absolute Gasteiger partial charge is 0.366 e. The second-order valence-electron chi connectivity index (χ2n) is 8.97. The van der Waals surface area contributed by atoms with Gasteiger partial charge in [0.25, 0.3) is 0 Å². The Labute approximate surface area is 189 Å². The van der Waals surface area contributed by atoms with Crippen LogP contribution in [0.25, 0.3) is 11.1 Å². The Balaban J connectivity index is 1.60. The van der Waals surface area contributed by atoms with Crippen LogP contribution in [0.15, 0.2) is 30.5 Å². The number of carbonyl (C=O) groups is 2. The third-order valence-corrected chi connectivity index (χ3v) is 6.40. The summed E-state index contributed by atoms with van der Waals surface area (Å²) in [6.45, 7) is 4.03. The first-order chi connectivity index (χ1) is 15.4. The lowest BCUT2D eigenvalue weighted by Gasteiger charge is -2.34. The number of hydrogen-bond donors (Lipinski definition) is 1. The number of nitrogens with zero attached hydrogens (tertiary/aromatic N) is 5. The van der Waals surface area contributed by atoms with Crippen LogP contribution in [-0.4, -0.2) is 78.4 Å². The zero-order valence-corrected chi connectivity index (χ0v) is 19.0. The number of benzene rings is 1. The van der Waals surface area contributed by atoms with Crippen molar-refractivity contribution in [2.24, 2.45) is 5.73 Å². The van der Waals surface area contributed by atoms with Crippen molar-refractivity contribution in [3.8, 4) is 11.1 Å². The van der Waals surface area contributed by atoms with Crippen LogP contribution < -0.4 is 10.6 Å². The van der Waals surface area contributed by atoms with E-state index in [1.165, 1.54) is 12.8 Å². The number of primary amides is 1. The fourth-order valence-electron chi connectivity index (χ4n) is 4.61. The summed E-state index contributed by atoms with van der Waals surface area (Å²) in [6.07, 6.45) is 6.15. The number of rotatable bonds is 6. The van der Waals surface area contributed by atoms with Crippen LogP contribution in [0.2, 0.25) is 0 Å². The van der Waals surface area contributed by atoms with Gasteiger partial charge in [0.05, 0.1) is 12.2 Å². The second-order valence-corrected chi connectivity index (χ2v) is 8.97. The maximum Gasteiger partial charge on any atom is 0.248 e. The van der Waals surface area contributed by atoms with Crippen LogP contribution >= 0.6 is 0 Å². The molecule has 2 aromatic rings. The second kappa shape index (κ2) is 9.65. The standard InChI is InChI=1S/C24H32N6O2/c1-28(2)24-26-14-20(17-7-9-18(10-8-17)23(25)32)22(27-24)19-6-5-13-30(15-19)21(31)16-29-11-3-4-12-29/h7-10,14,19H,3-6,11-13,15-16H2,1-2H3,(H2,25,32)/t19-/m0/s1. The first kappa shape index (κ1) is 22.2. The Kier molecular flexibility index (Phi) is 6.69. The predicted octanol–water partition coefficient (Wildman–Crippen LogP) is 2.11. The topological polar surface area (TPSA) is 95.7 Å². The van der Waals surface area contributed by atoms with E-state index in [1.807, 2.05) is 42.2 Å². The average Bonchev–Trinajstić information content (AvgIpc) is 3.32. The van der Waals surface area contributed by atoms with Crippen molar-refractivity contribution in [2.75, 3.05) is 51.7 Å². The van der Waals surface area contributed by atoms with Gasteiger partial charge in [-0.2, -0.15) is 0 Å². The van der Waals surface area contributed by atoms with E-state index in [1.54, 1.807) is 12.1 Å². The molecular weight excluding hydrogens is 404 g/mol. The molecule has 1 aromatic heterocycles. The Morgan fingerprint density at radius 2 is 1.81 bits per heavy atom. The minimum Gasteiger partial charge on any atom is -0.366 e. The summed E-state index contributed by atoms with van der Waals surface area (Å²) in [6, 6.07) is 7.23. The Morgan fingerprint density at radius 1 is 1.09 bits per heavy atom. The Morgan fingerprint density at radius 3 is 2.47 bits per heavy atom. The minimum atomic E-state index is -0.449. The first-order valence-corrected chi connectivity index (χ1v) is 11.4. The van der Waals surface area contributed by atoms with Crippen molar-refractivity contribution < 1.29 is 9.59 Å². The van der Waals surface area contributed by atoms with Crippen LogP contribution in [0.1, 0.15) is 47.7 Å². The molecule has 2 N–H and O–H groups in total. The molecule has 3 heterocycles. The lowest BCUT2D eigenvalue weighted by molar-refractivity contribution is -0.133. The summed E-state index contributed by atoms with van der Waals surface area (Å²) in [5.74, 6) is 0.554. The van der Waals surface area contributed by atoms with Gasteiger partial charge in [-0.25, -0.2) is 9.97 Å². The number of likely N-dealkylation sites (tertiary alicyclic amines) is 2. The fourth-order valence-corrected chi connectivity index (χ4v) is 4.61. The van der Waals surface area contributed by atoms with Crippen LogP contribution in [-0.2, 0) is 4.79 Å². The van der Waals surface area contributed by atoms with E-state index in [0.717, 1.165) is 49.3 Å². The molecule has 2 aliphatic rings. The van der Waals surface area contributed by atoms with E-state index in [0.29, 0.717) is 24.6 Å². The number of nitrogens with two attached hydrogens (primary N) is 1. The number of carbonyl (C=O) groups excluding carboxylic acids is 2. The molecule has 0 aliphatic carbocycles. The lowest BCUT2D eigenvalue weighted by Crippen LogP contribution is -2.44. The first-order valence-electron chi connectivity index (χ1n) is 11.4. The Bertz CT molecular complexity index is 969. The molecule has 1 aromatic carbocycles. The van der Waals surface area contributed by atoms with Crippen LogP contribution in [0.3, 0.4) is 0 Å². The third-order valence-electron chi connectivity index (χ3n) is 6.40. The number of hydrogen-bond acceptors (Lipinski definition) is 6. The van der Waals surface area contributed by atoms with Crippen LogP contribution in [0.4, 0.5) is 5.95 Å². The number of aromatic nitrogens is 2. The van der Waals surface area contributed by atoms with Gasteiger partial charge >= 0.3 is 0 Å². The van der Waals surface area contributed by atoms with Gasteiger partial charge in [-0.1, -0.05) is 12.1 Å². The molecule has 170 valence electrons. The Hall–Kier alpha value is -3.00. The molecule has 0 spiro atoms. The van der Waals surface area contributed by atoms with E-state index in [9.17, 15) is 9.59 Å². The van der Waals surface area contributed by atoms with Gasteiger partial charge in [0, 0.05) is 50.4 Å². The van der Waals surface area contributed by atoms with Gasteiger partial charge in [-0.3, -0.25) is 14.5 Å². The van der Waals surface area contributed by atoms with E-state index in [2.05, 4.69) is 9.88 Å². The zero-order chi connectivity index (χ0) is 22.7. The summed E-state index contributed by atoms with van der Waals surface area (Å²) >= 11 is 0. The molecule has 8 heteroatoms. The van der Waals surface area contributed by atoms with Crippen molar-refractivity contribution >= 4 is 17.8 Å². The summed E-state index contributed by atoms with van der Waals surface area (Å²) < 4.78 is 0. The zero-order valence-electron chi connectivity index (χ0n) is 19.0. The van der Waals surface area contributed by atoms with Gasteiger partial charge in [0.15, 0.2) is 0 Å². The molecule has 0 unspecified atom stereocenters. The van der Waals surface area contributed by atoms with Crippen LogP contribution in [0.5, 0.6) is 0 Å². The monoisotopic (exact) mass is 436 g/mol. The molecule has 2 aliphatic heterocycles. The van der Waals surface area contributed by atoms with Gasteiger partial charge in [0.1, 0.15) is 0 Å². The molecule has 4 rings (SSSR count). The van der Waals surface area contributed by atoms with E-state index in [-0.39, 0.29) is 11.8 Å². The number of piperidine rings is 1. The SMILES string of the molecule is CN(C)c1ncc(-c2ccc(C(N)=O)cc2)c([C@H]2CCCN(C(=O)CN3CCCC3)C2)n1. The summed E-state index contributed by atoms with van der Waals surface area (Å²) in [5, 5.41) is 0. The summed E-state index contributed by atoms with van der Waals surface area (Å²) in [7, 11) is 3.85.